The summed E-state index contributed by atoms with van der Waals surface area (Å²) in [5.74, 6) is -1.69. The van der Waals surface area contributed by atoms with Crippen LogP contribution < -0.4 is 0 Å². The number of aryl methyl sites for hydroxylation is 1. The van der Waals surface area contributed by atoms with Crippen molar-refractivity contribution in [1.29, 1.82) is 0 Å². The number of hydrogen-bond acceptors (Lipinski definition) is 3. The number of halogens is 1. The molecule has 0 aliphatic carbocycles. The topological polar surface area (TPSA) is 71.4 Å². The van der Waals surface area contributed by atoms with Crippen LogP contribution in [-0.2, 0) is 21.1 Å². The molecule has 0 saturated carbocycles. The van der Waals surface area contributed by atoms with Gasteiger partial charge >= 0.3 is 5.97 Å². The van der Waals surface area contributed by atoms with Gasteiger partial charge in [-0.25, -0.2) is 12.8 Å². The second-order valence-corrected chi connectivity index (χ2v) is 5.77. The summed E-state index contributed by atoms with van der Waals surface area (Å²) >= 11 is 0. The SMILES string of the molecule is CS(=O)(=O)c1cc(CCCC(=O)O)ccc1F. The molecule has 0 heterocycles. The molecule has 0 aliphatic heterocycles. The minimum atomic E-state index is -3.59. The van der Waals surface area contributed by atoms with Gasteiger partial charge in [0.25, 0.3) is 0 Å². The number of benzene rings is 1. The highest BCUT2D eigenvalue weighted by Gasteiger charge is 2.14. The van der Waals surface area contributed by atoms with Crippen molar-refractivity contribution in [3.05, 3.63) is 29.6 Å². The van der Waals surface area contributed by atoms with Crippen LogP contribution in [0.15, 0.2) is 23.1 Å². The molecule has 1 aromatic carbocycles. The fourth-order valence-electron chi connectivity index (χ4n) is 1.43. The maximum atomic E-state index is 13.2. The molecule has 0 unspecified atom stereocenters. The molecule has 1 aromatic rings. The molecule has 94 valence electrons. The molecule has 0 atom stereocenters. The van der Waals surface area contributed by atoms with Crippen molar-refractivity contribution in [1.82, 2.24) is 0 Å². The van der Waals surface area contributed by atoms with Crippen molar-refractivity contribution in [2.24, 2.45) is 0 Å². The fourth-order valence-corrected chi connectivity index (χ4v) is 2.22. The van der Waals surface area contributed by atoms with Gasteiger partial charge < -0.3 is 5.11 Å². The van der Waals surface area contributed by atoms with Gasteiger partial charge in [0, 0.05) is 12.7 Å². The molecule has 0 spiro atoms. The number of sulfone groups is 1. The smallest absolute Gasteiger partial charge is 0.303 e. The predicted octanol–water partition coefficient (Wildman–Crippen LogP) is 1.64. The van der Waals surface area contributed by atoms with E-state index in [1.54, 1.807) is 0 Å². The molecule has 0 amide bonds. The van der Waals surface area contributed by atoms with Crippen LogP contribution in [0.4, 0.5) is 4.39 Å². The van der Waals surface area contributed by atoms with E-state index in [2.05, 4.69) is 0 Å². The molecule has 0 radical (unpaired) electrons. The highest BCUT2D eigenvalue weighted by atomic mass is 32.2. The predicted molar refractivity (Wildman–Crippen MR) is 60.1 cm³/mol. The lowest BCUT2D eigenvalue weighted by molar-refractivity contribution is -0.137. The van der Waals surface area contributed by atoms with Crippen molar-refractivity contribution in [3.63, 3.8) is 0 Å². The van der Waals surface area contributed by atoms with E-state index in [0.29, 0.717) is 18.4 Å². The molecule has 0 fully saturated rings. The lowest BCUT2D eigenvalue weighted by Gasteiger charge is -2.04. The van der Waals surface area contributed by atoms with E-state index >= 15 is 0 Å². The van der Waals surface area contributed by atoms with E-state index in [1.165, 1.54) is 12.1 Å². The van der Waals surface area contributed by atoms with Crippen LogP contribution in [0.1, 0.15) is 18.4 Å². The van der Waals surface area contributed by atoms with Crippen molar-refractivity contribution >= 4 is 15.8 Å². The zero-order chi connectivity index (χ0) is 13.1. The third kappa shape index (κ3) is 4.14. The lowest BCUT2D eigenvalue weighted by atomic mass is 10.1. The van der Waals surface area contributed by atoms with E-state index in [0.717, 1.165) is 12.3 Å². The van der Waals surface area contributed by atoms with Crippen molar-refractivity contribution in [2.45, 2.75) is 24.2 Å². The fraction of sp³-hybridized carbons (Fsp3) is 0.364. The Morgan fingerprint density at radius 2 is 2.06 bits per heavy atom. The molecule has 1 N–H and O–H groups in total. The first-order valence-corrected chi connectivity index (χ1v) is 6.90. The maximum Gasteiger partial charge on any atom is 0.303 e. The van der Waals surface area contributed by atoms with Crippen LogP contribution in [-0.4, -0.2) is 25.7 Å². The van der Waals surface area contributed by atoms with Crippen LogP contribution >= 0.6 is 0 Å². The Morgan fingerprint density at radius 3 is 2.59 bits per heavy atom. The van der Waals surface area contributed by atoms with Gasteiger partial charge in [0.15, 0.2) is 9.84 Å². The van der Waals surface area contributed by atoms with Gasteiger partial charge in [-0.2, -0.15) is 0 Å². The summed E-state index contributed by atoms with van der Waals surface area (Å²) < 4.78 is 35.8. The Kier molecular flexibility index (Phi) is 4.22. The molecule has 4 nitrogen and oxygen atoms in total. The summed E-state index contributed by atoms with van der Waals surface area (Å²) in [5.41, 5.74) is 0.619. The van der Waals surface area contributed by atoms with E-state index in [-0.39, 0.29) is 11.3 Å². The second-order valence-electron chi connectivity index (χ2n) is 3.78. The summed E-state index contributed by atoms with van der Waals surface area (Å²) in [6.45, 7) is 0. The molecule has 6 heteroatoms. The van der Waals surface area contributed by atoms with Crippen LogP contribution in [0.25, 0.3) is 0 Å². The summed E-state index contributed by atoms with van der Waals surface area (Å²) in [7, 11) is -3.59. The molecular weight excluding hydrogens is 247 g/mol. The van der Waals surface area contributed by atoms with E-state index < -0.39 is 21.6 Å². The molecule has 1 rings (SSSR count). The summed E-state index contributed by atoms with van der Waals surface area (Å²) in [4.78, 5) is 9.97. The molecule has 17 heavy (non-hydrogen) atoms. The third-order valence-corrected chi connectivity index (χ3v) is 3.36. The Labute approximate surface area is 99.0 Å². The van der Waals surface area contributed by atoms with E-state index in [1.807, 2.05) is 0 Å². The van der Waals surface area contributed by atoms with Crippen LogP contribution in [0.5, 0.6) is 0 Å². The number of hydrogen-bond donors (Lipinski definition) is 1. The molecule has 0 bridgehead atoms. The molecular formula is C11H13FO4S. The summed E-state index contributed by atoms with van der Waals surface area (Å²) in [6.07, 6.45) is 1.75. The highest BCUT2D eigenvalue weighted by molar-refractivity contribution is 7.90. The molecule has 0 aromatic heterocycles. The number of carbonyl (C=O) groups is 1. The van der Waals surface area contributed by atoms with Gasteiger partial charge in [-0.15, -0.1) is 0 Å². The van der Waals surface area contributed by atoms with Gasteiger partial charge in [0.1, 0.15) is 10.7 Å². The average molecular weight is 260 g/mol. The van der Waals surface area contributed by atoms with E-state index in [9.17, 15) is 17.6 Å². The van der Waals surface area contributed by atoms with Crippen molar-refractivity contribution < 1.29 is 22.7 Å². The minimum absolute atomic E-state index is 0.00554. The molecule has 0 saturated heterocycles. The Morgan fingerprint density at radius 1 is 1.41 bits per heavy atom. The van der Waals surface area contributed by atoms with Crippen LogP contribution in [0.3, 0.4) is 0 Å². The van der Waals surface area contributed by atoms with Gasteiger partial charge in [0.2, 0.25) is 0 Å². The van der Waals surface area contributed by atoms with Gasteiger partial charge in [-0.05, 0) is 30.5 Å². The standard InChI is InChI=1S/C11H13FO4S/c1-17(15,16)10-7-8(5-6-9(10)12)3-2-4-11(13)14/h5-7H,2-4H2,1H3,(H,13,14). The largest absolute Gasteiger partial charge is 0.481 e. The average Bonchev–Trinajstić information content (AvgIpc) is 2.18. The maximum absolute atomic E-state index is 13.2. The van der Waals surface area contributed by atoms with Gasteiger partial charge in [0.05, 0.1) is 0 Å². The normalized spacial score (nSPS) is 11.4. The Bertz CT molecular complexity index is 522. The third-order valence-electron chi connectivity index (χ3n) is 2.25. The van der Waals surface area contributed by atoms with Gasteiger partial charge in [-0.1, -0.05) is 6.07 Å². The van der Waals surface area contributed by atoms with Gasteiger partial charge in [-0.3, -0.25) is 4.79 Å². The lowest BCUT2D eigenvalue weighted by Crippen LogP contribution is -2.02. The Hall–Kier alpha value is -1.43. The van der Waals surface area contributed by atoms with Crippen molar-refractivity contribution in [2.75, 3.05) is 6.26 Å². The highest BCUT2D eigenvalue weighted by Crippen LogP contribution is 2.17. The number of aliphatic carboxylic acids is 1. The monoisotopic (exact) mass is 260 g/mol. The first kappa shape index (κ1) is 13.6. The van der Waals surface area contributed by atoms with Crippen LogP contribution in [0, 0.1) is 5.82 Å². The number of carboxylic acids is 1. The first-order chi connectivity index (χ1) is 7.80. The first-order valence-electron chi connectivity index (χ1n) is 5.01. The number of rotatable bonds is 5. The minimum Gasteiger partial charge on any atom is -0.481 e. The van der Waals surface area contributed by atoms with Crippen molar-refractivity contribution in [3.8, 4) is 0 Å². The summed E-state index contributed by atoms with van der Waals surface area (Å²) in [6, 6.07) is 3.81. The summed E-state index contributed by atoms with van der Waals surface area (Å²) in [5, 5.41) is 8.46. The Balaban J connectivity index is 2.86. The van der Waals surface area contributed by atoms with Crippen LogP contribution in [0.2, 0.25) is 0 Å². The zero-order valence-electron chi connectivity index (χ0n) is 9.31. The quantitative estimate of drug-likeness (QED) is 0.873. The molecule has 0 aliphatic rings. The second kappa shape index (κ2) is 5.27. The van der Waals surface area contributed by atoms with E-state index in [4.69, 9.17) is 5.11 Å². The zero-order valence-corrected chi connectivity index (χ0v) is 10.1. The number of carboxylic acid groups (broad SMARTS) is 1.